The topological polar surface area (TPSA) is 76.9 Å². The Morgan fingerprint density at radius 2 is 2.08 bits per heavy atom. The maximum absolute atomic E-state index is 12.6. The molecule has 0 aliphatic heterocycles. The van der Waals surface area contributed by atoms with Gasteiger partial charge in [0.2, 0.25) is 5.91 Å². The molecular formula is C19H24N4O2. The third kappa shape index (κ3) is 3.95. The molecule has 0 radical (unpaired) electrons. The standard InChI is InChI=1S/C19H24N4O2/c1-13-6-3-4-8-16(13)21-19(25)14(2)23-18(24)10-9-17(22-23)15-7-5-11-20-12-15/h5,7,9-14,16H,3-4,6,8H2,1-2H3,(H,21,25). The summed E-state index contributed by atoms with van der Waals surface area (Å²) in [6, 6.07) is 6.32. The lowest BCUT2D eigenvalue weighted by Crippen LogP contribution is -2.45. The number of hydrogen-bond acceptors (Lipinski definition) is 4. The van der Waals surface area contributed by atoms with Gasteiger partial charge in [-0.2, -0.15) is 5.10 Å². The molecule has 1 aliphatic carbocycles. The molecule has 0 saturated heterocycles. The third-order valence-corrected chi connectivity index (χ3v) is 4.97. The monoisotopic (exact) mass is 340 g/mol. The van der Waals surface area contributed by atoms with Crippen LogP contribution in [0.25, 0.3) is 11.3 Å². The lowest BCUT2D eigenvalue weighted by molar-refractivity contribution is -0.125. The summed E-state index contributed by atoms with van der Waals surface area (Å²) in [5.41, 5.74) is 1.15. The lowest BCUT2D eigenvalue weighted by atomic mass is 9.86. The van der Waals surface area contributed by atoms with Crippen molar-refractivity contribution in [2.24, 2.45) is 5.92 Å². The van der Waals surface area contributed by atoms with Crippen LogP contribution in [0.5, 0.6) is 0 Å². The predicted molar refractivity (Wildman–Crippen MR) is 96.0 cm³/mol. The molecule has 0 bridgehead atoms. The van der Waals surface area contributed by atoms with E-state index in [1.54, 1.807) is 25.4 Å². The molecule has 2 aromatic rings. The minimum atomic E-state index is -0.654. The third-order valence-electron chi connectivity index (χ3n) is 4.97. The summed E-state index contributed by atoms with van der Waals surface area (Å²) in [6.07, 6.45) is 7.86. The summed E-state index contributed by atoms with van der Waals surface area (Å²) >= 11 is 0. The SMILES string of the molecule is CC1CCCCC1NC(=O)C(C)n1nc(-c2cccnc2)ccc1=O. The number of pyridine rings is 1. The summed E-state index contributed by atoms with van der Waals surface area (Å²) in [6.45, 7) is 3.88. The maximum Gasteiger partial charge on any atom is 0.267 e. The largest absolute Gasteiger partial charge is 0.351 e. The lowest BCUT2D eigenvalue weighted by Gasteiger charge is -2.30. The number of carbonyl (C=O) groups is 1. The Labute approximate surface area is 147 Å². The van der Waals surface area contributed by atoms with E-state index in [1.807, 2.05) is 12.1 Å². The number of amides is 1. The van der Waals surface area contributed by atoms with E-state index in [1.165, 1.54) is 17.2 Å². The molecule has 1 fully saturated rings. The summed E-state index contributed by atoms with van der Waals surface area (Å²) in [7, 11) is 0. The highest BCUT2D eigenvalue weighted by Gasteiger charge is 2.26. The summed E-state index contributed by atoms with van der Waals surface area (Å²) in [5.74, 6) is 0.313. The highest BCUT2D eigenvalue weighted by atomic mass is 16.2. The van der Waals surface area contributed by atoms with E-state index >= 15 is 0 Å². The molecule has 132 valence electrons. The van der Waals surface area contributed by atoms with Crippen LogP contribution in [0.4, 0.5) is 0 Å². The molecule has 1 aliphatic rings. The Balaban J connectivity index is 1.80. The maximum atomic E-state index is 12.6. The second kappa shape index (κ2) is 7.59. The van der Waals surface area contributed by atoms with Crippen LogP contribution in [-0.4, -0.2) is 26.7 Å². The molecule has 1 saturated carbocycles. The molecular weight excluding hydrogens is 316 g/mol. The smallest absolute Gasteiger partial charge is 0.267 e. The first kappa shape index (κ1) is 17.3. The molecule has 6 heteroatoms. The van der Waals surface area contributed by atoms with Crippen molar-refractivity contribution in [3.8, 4) is 11.3 Å². The fourth-order valence-electron chi connectivity index (χ4n) is 3.32. The highest BCUT2D eigenvalue weighted by molar-refractivity contribution is 5.80. The second-order valence-electron chi connectivity index (χ2n) is 6.80. The van der Waals surface area contributed by atoms with Crippen molar-refractivity contribution in [1.29, 1.82) is 0 Å². The fraction of sp³-hybridized carbons (Fsp3) is 0.474. The first-order valence-corrected chi connectivity index (χ1v) is 8.87. The molecule has 25 heavy (non-hydrogen) atoms. The van der Waals surface area contributed by atoms with Crippen molar-refractivity contribution in [2.45, 2.75) is 51.6 Å². The predicted octanol–water partition coefficient (Wildman–Crippen LogP) is 2.56. The van der Waals surface area contributed by atoms with Crippen LogP contribution in [0.1, 0.15) is 45.6 Å². The van der Waals surface area contributed by atoms with Crippen molar-refractivity contribution < 1.29 is 4.79 Å². The molecule has 1 amide bonds. The Hall–Kier alpha value is -2.50. The van der Waals surface area contributed by atoms with E-state index in [9.17, 15) is 9.59 Å². The van der Waals surface area contributed by atoms with E-state index in [0.717, 1.165) is 24.8 Å². The van der Waals surface area contributed by atoms with Crippen molar-refractivity contribution in [1.82, 2.24) is 20.1 Å². The molecule has 3 rings (SSSR count). The van der Waals surface area contributed by atoms with Crippen LogP contribution in [0.3, 0.4) is 0 Å². The Morgan fingerprint density at radius 1 is 1.28 bits per heavy atom. The highest BCUT2D eigenvalue weighted by Crippen LogP contribution is 2.24. The number of nitrogens with one attached hydrogen (secondary N) is 1. The van der Waals surface area contributed by atoms with Crippen molar-refractivity contribution in [2.75, 3.05) is 0 Å². The van der Waals surface area contributed by atoms with Crippen LogP contribution in [0.15, 0.2) is 41.5 Å². The van der Waals surface area contributed by atoms with Crippen LogP contribution >= 0.6 is 0 Å². The van der Waals surface area contributed by atoms with Gasteiger partial charge in [-0.1, -0.05) is 19.8 Å². The summed E-state index contributed by atoms with van der Waals surface area (Å²) in [5, 5.41) is 7.48. The van der Waals surface area contributed by atoms with Gasteiger partial charge in [-0.25, -0.2) is 4.68 Å². The van der Waals surface area contributed by atoms with Gasteiger partial charge in [0.05, 0.1) is 5.69 Å². The molecule has 3 unspecified atom stereocenters. The van der Waals surface area contributed by atoms with Gasteiger partial charge < -0.3 is 5.32 Å². The minimum absolute atomic E-state index is 0.156. The summed E-state index contributed by atoms with van der Waals surface area (Å²) in [4.78, 5) is 28.9. The first-order valence-electron chi connectivity index (χ1n) is 8.87. The fourth-order valence-corrected chi connectivity index (χ4v) is 3.32. The van der Waals surface area contributed by atoms with E-state index in [2.05, 4.69) is 22.3 Å². The van der Waals surface area contributed by atoms with E-state index in [-0.39, 0.29) is 17.5 Å². The zero-order valence-corrected chi connectivity index (χ0v) is 14.7. The van der Waals surface area contributed by atoms with E-state index < -0.39 is 6.04 Å². The van der Waals surface area contributed by atoms with Gasteiger partial charge in [0, 0.05) is 30.1 Å². The Kier molecular flexibility index (Phi) is 5.26. The second-order valence-corrected chi connectivity index (χ2v) is 6.80. The number of rotatable bonds is 4. The molecule has 0 spiro atoms. The van der Waals surface area contributed by atoms with E-state index in [0.29, 0.717) is 11.6 Å². The quantitative estimate of drug-likeness (QED) is 0.928. The number of carbonyl (C=O) groups excluding carboxylic acids is 1. The van der Waals surface area contributed by atoms with Crippen LogP contribution in [0.2, 0.25) is 0 Å². The average Bonchev–Trinajstić information content (AvgIpc) is 2.64. The van der Waals surface area contributed by atoms with Gasteiger partial charge in [-0.05, 0) is 43.9 Å². The molecule has 6 nitrogen and oxygen atoms in total. The van der Waals surface area contributed by atoms with Crippen molar-refractivity contribution >= 4 is 5.91 Å². The van der Waals surface area contributed by atoms with E-state index in [4.69, 9.17) is 0 Å². The molecule has 2 aromatic heterocycles. The Bertz CT molecular complexity index is 788. The summed E-state index contributed by atoms with van der Waals surface area (Å²) < 4.78 is 1.26. The van der Waals surface area contributed by atoms with Crippen LogP contribution < -0.4 is 10.9 Å². The molecule has 2 heterocycles. The zero-order valence-electron chi connectivity index (χ0n) is 14.7. The van der Waals surface area contributed by atoms with Gasteiger partial charge in [0.1, 0.15) is 6.04 Å². The molecule has 1 N–H and O–H groups in total. The number of aromatic nitrogens is 3. The average molecular weight is 340 g/mol. The normalized spacial score (nSPS) is 21.5. The van der Waals surface area contributed by atoms with Crippen molar-refractivity contribution in [3.63, 3.8) is 0 Å². The van der Waals surface area contributed by atoms with Gasteiger partial charge >= 0.3 is 0 Å². The van der Waals surface area contributed by atoms with Crippen LogP contribution in [-0.2, 0) is 4.79 Å². The minimum Gasteiger partial charge on any atom is -0.351 e. The number of nitrogens with zero attached hydrogens (tertiary/aromatic N) is 3. The van der Waals surface area contributed by atoms with Crippen LogP contribution in [0, 0.1) is 5.92 Å². The van der Waals surface area contributed by atoms with Gasteiger partial charge in [0.15, 0.2) is 0 Å². The zero-order chi connectivity index (χ0) is 17.8. The van der Waals surface area contributed by atoms with Gasteiger partial charge in [-0.15, -0.1) is 0 Å². The van der Waals surface area contributed by atoms with Gasteiger partial charge in [0.25, 0.3) is 5.56 Å². The van der Waals surface area contributed by atoms with Gasteiger partial charge in [-0.3, -0.25) is 14.6 Å². The molecule has 0 aromatic carbocycles. The number of hydrogen-bond donors (Lipinski definition) is 1. The molecule has 3 atom stereocenters. The van der Waals surface area contributed by atoms with Crippen molar-refractivity contribution in [3.05, 3.63) is 47.0 Å². The Morgan fingerprint density at radius 3 is 2.80 bits per heavy atom. The first-order chi connectivity index (χ1) is 12.1.